The van der Waals surface area contributed by atoms with Crippen LogP contribution in [0.2, 0.25) is 0 Å². The number of likely N-dealkylation sites (N-methyl/N-ethyl adjacent to an activating group) is 1. The average Bonchev–Trinajstić information content (AvgIpc) is 2.75. The molecule has 0 atom stereocenters. The highest BCUT2D eigenvalue weighted by molar-refractivity contribution is 5.97. The molecule has 0 fully saturated rings. The van der Waals surface area contributed by atoms with Gasteiger partial charge >= 0.3 is 0 Å². The van der Waals surface area contributed by atoms with Crippen LogP contribution < -0.4 is 11.1 Å². The highest BCUT2D eigenvalue weighted by Gasteiger charge is 2.16. The Morgan fingerprint density at radius 2 is 2.20 bits per heavy atom. The van der Waals surface area contributed by atoms with Crippen molar-refractivity contribution in [1.82, 2.24) is 20.4 Å². The smallest absolute Gasteiger partial charge is 0.274 e. The Bertz CT molecular complexity index is 417. The number of nitrogen functional groups attached to an aromatic ring is 1. The van der Waals surface area contributed by atoms with Crippen LogP contribution in [-0.4, -0.2) is 61.4 Å². The number of nitrogens with zero attached hydrogens (tertiary/aromatic N) is 2. The number of rotatable bonds is 9. The molecule has 20 heavy (non-hydrogen) atoms. The predicted octanol–water partition coefficient (Wildman–Crippen LogP) is 0.252. The summed E-state index contributed by atoms with van der Waals surface area (Å²) in [6, 6.07) is 0. The fourth-order valence-electron chi connectivity index (χ4n) is 1.67. The van der Waals surface area contributed by atoms with Crippen molar-refractivity contribution >= 4 is 11.6 Å². The maximum Gasteiger partial charge on any atom is 0.274 e. The summed E-state index contributed by atoms with van der Waals surface area (Å²) in [7, 11) is 3.97. The number of H-pyrrole nitrogens is 1. The molecule has 7 heteroatoms. The van der Waals surface area contributed by atoms with Crippen molar-refractivity contribution < 1.29 is 9.53 Å². The Hall–Kier alpha value is -1.60. The summed E-state index contributed by atoms with van der Waals surface area (Å²) in [6.45, 7) is 4.48. The molecule has 0 radical (unpaired) electrons. The summed E-state index contributed by atoms with van der Waals surface area (Å²) in [4.78, 5) is 13.9. The Kier molecular flexibility index (Phi) is 7.03. The van der Waals surface area contributed by atoms with E-state index in [1.54, 1.807) is 0 Å². The number of carbonyl (C=O) groups excluding carboxylic acids is 1. The van der Waals surface area contributed by atoms with Crippen molar-refractivity contribution in [3.8, 4) is 0 Å². The van der Waals surface area contributed by atoms with E-state index < -0.39 is 0 Å². The summed E-state index contributed by atoms with van der Waals surface area (Å²) < 4.78 is 5.39. The molecule has 1 rings (SSSR count). The summed E-state index contributed by atoms with van der Waals surface area (Å²) in [5.74, 6) is -0.266. The van der Waals surface area contributed by atoms with Crippen LogP contribution in [0.15, 0.2) is 0 Å². The van der Waals surface area contributed by atoms with Crippen LogP contribution >= 0.6 is 0 Å². The third-order valence-corrected chi connectivity index (χ3v) is 2.81. The van der Waals surface area contributed by atoms with Crippen LogP contribution in [0.4, 0.5) is 5.69 Å². The number of carbonyl (C=O) groups is 1. The van der Waals surface area contributed by atoms with Crippen LogP contribution in [0.3, 0.4) is 0 Å². The summed E-state index contributed by atoms with van der Waals surface area (Å²) >= 11 is 0. The van der Waals surface area contributed by atoms with E-state index in [1.807, 2.05) is 25.9 Å². The van der Waals surface area contributed by atoms with E-state index in [0.29, 0.717) is 25.4 Å². The molecular formula is C13H25N5O2. The standard InChI is InChI=1S/C13H25N5O2/c1-4-5-10-11(14)12(17-16-10)13(19)15-6-8-20-9-7-18(2)3/h4-9,14H2,1-3H3,(H,15,19)(H,16,17). The van der Waals surface area contributed by atoms with Crippen molar-refractivity contribution in [2.75, 3.05) is 46.1 Å². The Morgan fingerprint density at radius 1 is 1.45 bits per heavy atom. The second kappa shape index (κ2) is 8.55. The summed E-state index contributed by atoms with van der Waals surface area (Å²) in [5, 5.41) is 9.51. The van der Waals surface area contributed by atoms with E-state index in [9.17, 15) is 4.79 Å². The number of aryl methyl sites for hydroxylation is 1. The van der Waals surface area contributed by atoms with Crippen molar-refractivity contribution in [2.45, 2.75) is 19.8 Å². The molecule has 1 aromatic rings. The normalized spacial score (nSPS) is 11.0. The number of nitrogens with one attached hydrogen (secondary N) is 2. The van der Waals surface area contributed by atoms with E-state index in [2.05, 4.69) is 15.5 Å². The second-order valence-electron chi connectivity index (χ2n) is 4.89. The van der Waals surface area contributed by atoms with Gasteiger partial charge in [-0.3, -0.25) is 9.89 Å². The molecule has 0 unspecified atom stereocenters. The molecular weight excluding hydrogens is 258 g/mol. The van der Waals surface area contributed by atoms with Gasteiger partial charge in [-0.15, -0.1) is 0 Å². The first-order valence-electron chi connectivity index (χ1n) is 6.89. The van der Waals surface area contributed by atoms with E-state index in [1.165, 1.54) is 0 Å². The van der Waals surface area contributed by atoms with Crippen molar-refractivity contribution in [3.05, 3.63) is 11.4 Å². The number of aromatic nitrogens is 2. The van der Waals surface area contributed by atoms with E-state index in [0.717, 1.165) is 25.1 Å². The molecule has 1 aromatic heterocycles. The lowest BCUT2D eigenvalue weighted by atomic mass is 10.2. The molecule has 0 aromatic carbocycles. The maximum atomic E-state index is 11.9. The first-order chi connectivity index (χ1) is 9.56. The number of hydrogen-bond donors (Lipinski definition) is 3. The SMILES string of the molecule is CCCc1[nH]nc(C(=O)NCCOCCN(C)C)c1N. The Balaban J connectivity index is 2.29. The molecule has 0 aliphatic carbocycles. The van der Waals surface area contributed by atoms with Gasteiger partial charge in [-0.05, 0) is 20.5 Å². The second-order valence-corrected chi connectivity index (χ2v) is 4.89. The lowest BCUT2D eigenvalue weighted by molar-refractivity contribution is 0.0896. The van der Waals surface area contributed by atoms with Crippen molar-refractivity contribution in [1.29, 1.82) is 0 Å². The monoisotopic (exact) mass is 283 g/mol. The number of ether oxygens (including phenoxy) is 1. The lowest BCUT2D eigenvalue weighted by Crippen LogP contribution is -2.29. The quantitative estimate of drug-likeness (QED) is 0.565. The van der Waals surface area contributed by atoms with Gasteiger partial charge in [0.05, 0.1) is 24.6 Å². The van der Waals surface area contributed by atoms with E-state index in [-0.39, 0.29) is 11.6 Å². The Morgan fingerprint density at radius 3 is 2.85 bits per heavy atom. The van der Waals surface area contributed by atoms with Gasteiger partial charge in [-0.1, -0.05) is 13.3 Å². The lowest BCUT2D eigenvalue weighted by Gasteiger charge is -2.10. The minimum absolute atomic E-state index is 0.266. The molecule has 0 aliphatic heterocycles. The van der Waals surface area contributed by atoms with Gasteiger partial charge in [-0.25, -0.2) is 0 Å². The van der Waals surface area contributed by atoms with Gasteiger partial charge < -0.3 is 20.7 Å². The first-order valence-corrected chi connectivity index (χ1v) is 6.89. The van der Waals surface area contributed by atoms with Crippen LogP contribution in [0.25, 0.3) is 0 Å². The number of anilines is 1. The average molecular weight is 283 g/mol. The van der Waals surface area contributed by atoms with Crippen LogP contribution in [0.1, 0.15) is 29.5 Å². The molecule has 0 spiro atoms. The molecule has 1 heterocycles. The zero-order valence-electron chi connectivity index (χ0n) is 12.5. The third kappa shape index (κ3) is 5.18. The fraction of sp³-hybridized carbons (Fsp3) is 0.692. The van der Waals surface area contributed by atoms with Crippen molar-refractivity contribution in [2.24, 2.45) is 0 Å². The molecule has 0 saturated carbocycles. The number of nitrogens with two attached hydrogens (primary N) is 1. The fourth-order valence-corrected chi connectivity index (χ4v) is 1.67. The molecule has 7 nitrogen and oxygen atoms in total. The van der Waals surface area contributed by atoms with Gasteiger partial charge in [0, 0.05) is 13.1 Å². The molecule has 1 amide bonds. The highest BCUT2D eigenvalue weighted by Crippen LogP contribution is 2.15. The third-order valence-electron chi connectivity index (χ3n) is 2.81. The Labute approximate surface area is 119 Å². The largest absolute Gasteiger partial charge is 0.395 e. The highest BCUT2D eigenvalue weighted by atomic mass is 16.5. The van der Waals surface area contributed by atoms with Gasteiger partial charge in [0.2, 0.25) is 0 Å². The zero-order chi connectivity index (χ0) is 15.0. The molecule has 0 aliphatic rings. The molecule has 4 N–H and O–H groups in total. The summed E-state index contributed by atoms with van der Waals surface area (Å²) in [6.07, 6.45) is 1.74. The molecule has 0 bridgehead atoms. The number of amides is 1. The van der Waals surface area contributed by atoms with Gasteiger partial charge in [0.1, 0.15) is 0 Å². The summed E-state index contributed by atoms with van der Waals surface area (Å²) in [5.41, 5.74) is 7.41. The number of aromatic amines is 1. The molecule has 0 saturated heterocycles. The number of hydrogen-bond acceptors (Lipinski definition) is 5. The minimum Gasteiger partial charge on any atom is -0.395 e. The van der Waals surface area contributed by atoms with Gasteiger partial charge in [0.15, 0.2) is 5.69 Å². The van der Waals surface area contributed by atoms with Gasteiger partial charge in [-0.2, -0.15) is 5.10 Å². The maximum absolute atomic E-state index is 11.9. The van der Waals surface area contributed by atoms with Crippen LogP contribution in [0, 0.1) is 0 Å². The molecule has 114 valence electrons. The van der Waals surface area contributed by atoms with Crippen LogP contribution in [-0.2, 0) is 11.2 Å². The topological polar surface area (TPSA) is 96.3 Å². The minimum atomic E-state index is -0.266. The van der Waals surface area contributed by atoms with Crippen molar-refractivity contribution in [3.63, 3.8) is 0 Å². The van der Waals surface area contributed by atoms with E-state index >= 15 is 0 Å². The first kappa shape index (κ1) is 16.5. The van der Waals surface area contributed by atoms with E-state index in [4.69, 9.17) is 10.5 Å². The van der Waals surface area contributed by atoms with Crippen LogP contribution in [0.5, 0.6) is 0 Å². The van der Waals surface area contributed by atoms with Gasteiger partial charge in [0.25, 0.3) is 5.91 Å². The predicted molar refractivity (Wildman–Crippen MR) is 78.7 cm³/mol. The zero-order valence-corrected chi connectivity index (χ0v) is 12.5.